The number of carbonyl (C=O) groups excluding carboxylic acids is 1. The highest BCUT2D eigenvalue weighted by atomic mass is 35.5. The van der Waals surface area contributed by atoms with E-state index in [0.29, 0.717) is 29.9 Å². The van der Waals surface area contributed by atoms with E-state index in [1.807, 2.05) is 6.92 Å². The molecule has 0 saturated carbocycles. The Hall–Kier alpha value is -1.33. The van der Waals surface area contributed by atoms with Gasteiger partial charge in [-0.15, -0.1) is 0 Å². The van der Waals surface area contributed by atoms with Crippen LogP contribution in [0.15, 0.2) is 12.1 Å². The van der Waals surface area contributed by atoms with Crippen molar-refractivity contribution >= 4 is 23.3 Å². The van der Waals surface area contributed by atoms with Crippen LogP contribution in [0.2, 0.25) is 5.02 Å². The van der Waals surface area contributed by atoms with E-state index in [0.717, 1.165) is 26.0 Å². The predicted molar refractivity (Wildman–Crippen MR) is 79.3 cm³/mol. The van der Waals surface area contributed by atoms with E-state index in [4.69, 9.17) is 16.3 Å². The highest BCUT2D eigenvalue weighted by Gasteiger charge is 2.17. The fourth-order valence-electron chi connectivity index (χ4n) is 2.17. The van der Waals surface area contributed by atoms with Gasteiger partial charge in [0.25, 0.3) is 5.91 Å². The van der Waals surface area contributed by atoms with E-state index in [1.165, 1.54) is 0 Å². The van der Waals surface area contributed by atoms with Crippen molar-refractivity contribution in [2.24, 2.45) is 5.92 Å². The lowest BCUT2D eigenvalue weighted by molar-refractivity contribution is 0.0536. The van der Waals surface area contributed by atoms with Gasteiger partial charge in [-0.05, 0) is 37.8 Å². The van der Waals surface area contributed by atoms with E-state index in [2.05, 4.69) is 15.6 Å². The first-order chi connectivity index (χ1) is 9.70. The summed E-state index contributed by atoms with van der Waals surface area (Å²) in [4.78, 5) is 16.4. The third-order valence-electron chi connectivity index (χ3n) is 3.22. The molecule has 6 heteroatoms. The first-order valence-corrected chi connectivity index (χ1v) is 7.35. The van der Waals surface area contributed by atoms with Crippen LogP contribution in [0.1, 0.15) is 30.3 Å². The second-order valence-corrected chi connectivity index (χ2v) is 5.26. The number of halogens is 1. The average Bonchev–Trinajstić information content (AvgIpc) is 2.48. The van der Waals surface area contributed by atoms with Crippen molar-refractivity contribution in [3.05, 3.63) is 22.8 Å². The summed E-state index contributed by atoms with van der Waals surface area (Å²) < 4.78 is 5.39. The summed E-state index contributed by atoms with van der Waals surface area (Å²) in [5.74, 6) is 0.798. The quantitative estimate of drug-likeness (QED) is 0.875. The molecule has 0 aliphatic carbocycles. The van der Waals surface area contributed by atoms with Gasteiger partial charge in [0.15, 0.2) is 0 Å². The zero-order valence-corrected chi connectivity index (χ0v) is 12.4. The van der Waals surface area contributed by atoms with Crippen LogP contribution in [-0.2, 0) is 4.74 Å². The predicted octanol–water partition coefficient (Wildman–Crippen LogP) is 2.32. The van der Waals surface area contributed by atoms with Gasteiger partial charge < -0.3 is 15.4 Å². The van der Waals surface area contributed by atoms with Crippen molar-refractivity contribution in [3.63, 3.8) is 0 Å². The number of anilines is 1. The number of nitrogens with one attached hydrogen (secondary N) is 2. The van der Waals surface area contributed by atoms with Gasteiger partial charge in [0.1, 0.15) is 11.5 Å². The molecular formula is C14H20ClN3O2. The Morgan fingerprint density at radius 2 is 2.40 bits per heavy atom. The van der Waals surface area contributed by atoms with Gasteiger partial charge >= 0.3 is 0 Å². The van der Waals surface area contributed by atoms with Crippen LogP contribution in [0.4, 0.5) is 5.82 Å². The molecule has 1 aromatic rings. The summed E-state index contributed by atoms with van der Waals surface area (Å²) in [6.45, 7) is 4.85. The summed E-state index contributed by atoms with van der Waals surface area (Å²) in [5, 5.41) is 6.32. The molecule has 1 unspecified atom stereocenters. The highest BCUT2D eigenvalue weighted by molar-refractivity contribution is 6.33. The molecule has 1 aliphatic heterocycles. The zero-order chi connectivity index (χ0) is 14.4. The Labute approximate surface area is 124 Å². The molecule has 1 aromatic heterocycles. The minimum atomic E-state index is -0.236. The molecule has 1 saturated heterocycles. The number of nitrogens with zero attached hydrogens (tertiary/aromatic N) is 1. The fraction of sp³-hybridized carbons (Fsp3) is 0.571. The standard InChI is InChI=1S/C14H20ClN3O2/c1-2-16-12-6-5-11(15)13(18-12)14(19)17-8-10-4-3-7-20-9-10/h5-6,10H,2-4,7-9H2,1H3,(H,16,18)(H,17,19). The number of ether oxygens (including phenoxy) is 1. The molecule has 0 bridgehead atoms. The zero-order valence-electron chi connectivity index (χ0n) is 11.6. The van der Waals surface area contributed by atoms with Crippen molar-refractivity contribution < 1.29 is 9.53 Å². The summed E-state index contributed by atoms with van der Waals surface area (Å²) in [6.07, 6.45) is 2.13. The first-order valence-electron chi connectivity index (χ1n) is 6.97. The SMILES string of the molecule is CCNc1ccc(Cl)c(C(=O)NCC2CCCOC2)n1. The van der Waals surface area contributed by atoms with Crippen LogP contribution < -0.4 is 10.6 Å². The van der Waals surface area contributed by atoms with Crippen molar-refractivity contribution in [2.45, 2.75) is 19.8 Å². The topological polar surface area (TPSA) is 63.2 Å². The van der Waals surface area contributed by atoms with Gasteiger partial charge in [-0.2, -0.15) is 0 Å². The van der Waals surface area contributed by atoms with Gasteiger partial charge in [0.05, 0.1) is 11.6 Å². The lowest BCUT2D eigenvalue weighted by Gasteiger charge is -2.22. The molecule has 110 valence electrons. The van der Waals surface area contributed by atoms with Gasteiger partial charge in [-0.1, -0.05) is 11.6 Å². The molecule has 1 amide bonds. The van der Waals surface area contributed by atoms with Gasteiger partial charge in [-0.25, -0.2) is 4.98 Å². The molecular weight excluding hydrogens is 278 g/mol. The smallest absolute Gasteiger partial charge is 0.271 e. The average molecular weight is 298 g/mol. The van der Waals surface area contributed by atoms with Crippen molar-refractivity contribution in [2.75, 3.05) is 31.6 Å². The van der Waals surface area contributed by atoms with Crippen molar-refractivity contribution in [3.8, 4) is 0 Å². The Balaban J connectivity index is 1.95. The van der Waals surface area contributed by atoms with Crippen LogP contribution in [0.25, 0.3) is 0 Å². The minimum absolute atomic E-state index is 0.236. The maximum Gasteiger partial charge on any atom is 0.271 e. The summed E-state index contributed by atoms with van der Waals surface area (Å²) in [6, 6.07) is 3.45. The van der Waals surface area contributed by atoms with Crippen LogP contribution >= 0.6 is 11.6 Å². The van der Waals surface area contributed by atoms with Crippen LogP contribution in [0.3, 0.4) is 0 Å². The molecule has 1 aliphatic rings. The molecule has 2 heterocycles. The van der Waals surface area contributed by atoms with Crippen LogP contribution in [0, 0.1) is 5.92 Å². The van der Waals surface area contributed by atoms with Gasteiger partial charge in [0.2, 0.25) is 0 Å². The third-order valence-corrected chi connectivity index (χ3v) is 3.53. The maximum absolute atomic E-state index is 12.1. The van der Waals surface area contributed by atoms with Crippen LogP contribution in [0.5, 0.6) is 0 Å². The molecule has 1 atom stereocenters. The molecule has 0 aromatic carbocycles. The second-order valence-electron chi connectivity index (χ2n) is 4.85. The molecule has 0 radical (unpaired) electrons. The Bertz CT molecular complexity index is 462. The second kappa shape index (κ2) is 7.45. The Kier molecular flexibility index (Phi) is 5.61. The number of rotatable bonds is 5. The van der Waals surface area contributed by atoms with E-state index < -0.39 is 0 Å². The van der Waals surface area contributed by atoms with Crippen LogP contribution in [-0.4, -0.2) is 37.2 Å². The van der Waals surface area contributed by atoms with Gasteiger partial charge in [-0.3, -0.25) is 4.79 Å². The third kappa shape index (κ3) is 4.08. The van der Waals surface area contributed by atoms with E-state index in [-0.39, 0.29) is 11.6 Å². The van der Waals surface area contributed by atoms with E-state index >= 15 is 0 Å². The molecule has 5 nitrogen and oxygen atoms in total. The normalized spacial score (nSPS) is 18.6. The maximum atomic E-state index is 12.1. The molecule has 20 heavy (non-hydrogen) atoms. The van der Waals surface area contributed by atoms with Crippen molar-refractivity contribution in [1.82, 2.24) is 10.3 Å². The molecule has 1 fully saturated rings. The Morgan fingerprint density at radius 3 is 3.10 bits per heavy atom. The minimum Gasteiger partial charge on any atom is -0.381 e. The number of hydrogen-bond donors (Lipinski definition) is 2. The summed E-state index contributed by atoms with van der Waals surface area (Å²) >= 11 is 6.04. The lowest BCUT2D eigenvalue weighted by atomic mass is 10.0. The van der Waals surface area contributed by atoms with E-state index in [9.17, 15) is 4.79 Å². The fourth-order valence-corrected chi connectivity index (χ4v) is 2.36. The molecule has 0 spiro atoms. The first kappa shape index (κ1) is 15.1. The lowest BCUT2D eigenvalue weighted by Crippen LogP contribution is -2.33. The largest absolute Gasteiger partial charge is 0.381 e. The number of amides is 1. The molecule has 2 N–H and O–H groups in total. The summed E-state index contributed by atoms with van der Waals surface area (Å²) in [5.41, 5.74) is 0.266. The number of carbonyl (C=O) groups is 1. The van der Waals surface area contributed by atoms with Crippen molar-refractivity contribution in [1.29, 1.82) is 0 Å². The number of aromatic nitrogens is 1. The highest BCUT2D eigenvalue weighted by Crippen LogP contribution is 2.17. The number of pyridine rings is 1. The summed E-state index contributed by atoms with van der Waals surface area (Å²) in [7, 11) is 0. The van der Waals surface area contributed by atoms with Gasteiger partial charge in [0, 0.05) is 19.7 Å². The number of hydrogen-bond acceptors (Lipinski definition) is 4. The Morgan fingerprint density at radius 1 is 1.55 bits per heavy atom. The van der Waals surface area contributed by atoms with E-state index in [1.54, 1.807) is 12.1 Å². The molecule has 2 rings (SSSR count). The monoisotopic (exact) mass is 297 g/mol.